The van der Waals surface area contributed by atoms with Gasteiger partial charge in [-0.2, -0.15) is 0 Å². The molecule has 0 amide bonds. The zero-order valence-electron chi connectivity index (χ0n) is 13.1. The molecule has 3 aromatic carbocycles. The summed E-state index contributed by atoms with van der Waals surface area (Å²) in [7, 11) is 0. The molecule has 0 saturated heterocycles. The van der Waals surface area contributed by atoms with E-state index in [0.717, 1.165) is 17.0 Å². The number of hydrogen-bond acceptors (Lipinski definition) is 2. The van der Waals surface area contributed by atoms with Crippen LogP contribution in [0.2, 0.25) is 0 Å². The lowest BCUT2D eigenvalue weighted by Gasteiger charge is -2.02. The Hall–Kier alpha value is -2.32. The predicted octanol–water partition coefficient (Wildman–Crippen LogP) is 6.04. The summed E-state index contributed by atoms with van der Waals surface area (Å²) in [5, 5.41) is 0. The van der Waals surface area contributed by atoms with Crippen molar-refractivity contribution in [3.8, 4) is 0 Å². The van der Waals surface area contributed by atoms with Crippen LogP contribution in [0.5, 0.6) is 0 Å². The van der Waals surface area contributed by atoms with Crippen LogP contribution in [0.3, 0.4) is 0 Å². The monoisotopic (exact) mass is 317 g/mol. The van der Waals surface area contributed by atoms with Crippen LogP contribution in [0.15, 0.2) is 88.8 Å². The summed E-state index contributed by atoms with van der Waals surface area (Å²) in [6.45, 7) is 2.09. The third kappa shape index (κ3) is 4.83. The average molecular weight is 317 g/mol. The molecule has 0 saturated carbocycles. The van der Waals surface area contributed by atoms with Crippen LogP contribution in [-0.2, 0) is 5.75 Å². The molecule has 2 heteroatoms. The molecule has 0 fully saturated rings. The first-order valence-electron chi connectivity index (χ1n) is 7.67. The molecule has 0 aromatic heterocycles. The first-order chi connectivity index (χ1) is 11.3. The Kier molecular flexibility index (Phi) is 5.28. The Morgan fingerprint density at radius 1 is 0.826 bits per heavy atom. The van der Waals surface area contributed by atoms with Gasteiger partial charge in [-0.3, -0.25) is 4.99 Å². The van der Waals surface area contributed by atoms with Gasteiger partial charge in [-0.1, -0.05) is 60.2 Å². The highest BCUT2D eigenvalue weighted by molar-refractivity contribution is 7.98. The molecular weight excluding hydrogens is 298 g/mol. The summed E-state index contributed by atoms with van der Waals surface area (Å²) in [6.07, 6.45) is 1.91. The van der Waals surface area contributed by atoms with Crippen molar-refractivity contribution >= 4 is 23.7 Å². The van der Waals surface area contributed by atoms with Gasteiger partial charge in [0.25, 0.3) is 0 Å². The molecule has 0 atom stereocenters. The highest BCUT2D eigenvalue weighted by Gasteiger charge is 1.96. The number of hydrogen-bond donors (Lipinski definition) is 0. The summed E-state index contributed by atoms with van der Waals surface area (Å²) in [6, 6.07) is 27.3. The van der Waals surface area contributed by atoms with E-state index >= 15 is 0 Å². The average Bonchev–Trinajstić information content (AvgIpc) is 2.61. The largest absolute Gasteiger partial charge is 0.256 e. The summed E-state index contributed by atoms with van der Waals surface area (Å²) in [5.74, 6) is 0.978. The lowest BCUT2D eigenvalue weighted by atomic mass is 10.2. The van der Waals surface area contributed by atoms with Crippen molar-refractivity contribution in [2.24, 2.45) is 4.99 Å². The van der Waals surface area contributed by atoms with Gasteiger partial charge >= 0.3 is 0 Å². The second-order valence-electron chi connectivity index (χ2n) is 5.44. The van der Waals surface area contributed by atoms with Crippen LogP contribution in [0.1, 0.15) is 16.7 Å². The molecule has 3 rings (SSSR count). The first-order valence-corrected chi connectivity index (χ1v) is 8.66. The summed E-state index contributed by atoms with van der Waals surface area (Å²) in [5.41, 5.74) is 4.69. The maximum absolute atomic E-state index is 4.53. The number of rotatable bonds is 5. The molecule has 0 aliphatic carbocycles. The Balaban J connectivity index is 1.59. The molecule has 1 nitrogen and oxygen atoms in total. The maximum Gasteiger partial charge on any atom is 0.0630 e. The summed E-state index contributed by atoms with van der Waals surface area (Å²) >= 11 is 1.85. The molecule has 0 N–H and O–H groups in total. The lowest BCUT2D eigenvalue weighted by molar-refractivity contribution is 1.37. The third-order valence-corrected chi connectivity index (χ3v) is 4.61. The molecule has 0 unspecified atom stereocenters. The lowest BCUT2D eigenvalue weighted by Crippen LogP contribution is -1.82. The second-order valence-corrected chi connectivity index (χ2v) is 6.49. The summed E-state index contributed by atoms with van der Waals surface area (Å²) in [4.78, 5) is 5.83. The molecular formula is C21H19NS. The van der Waals surface area contributed by atoms with Crippen molar-refractivity contribution in [3.63, 3.8) is 0 Å². The van der Waals surface area contributed by atoms with Gasteiger partial charge in [0, 0.05) is 16.9 Å². The van der Waals surface area contributed by atoms with E-state index in [1.807, 2.05) is 24.0 Å². The van der Waals surface area contributed by atoms with E-state index in [1.165, 1.54) is 16.0 Å². The number of aliphatic imine (C=N–C) groups is 1. The fourth-order valence-electron chi connectivity index (χ4n) is 2.16. The molecule has 0 radical (unpaired) electrons. The SMILES string of the molecule is Cc1ccc(C=Nc2ccc(CSc3ccccc3)cc2)cc1. The molecule has 114 valence electrons. The summed E-state index contributed by atoms with van der Waals surface area (Å²) < 4.78 is 0. The minimum absolute atomic E-state index is 0.978. The number of thioether (sulfide) groups is 1. The normalized spacial score (nSPS) is 11.0. The first kappa shape index (κ1) is 15.6. The smallest absolute Gasteiger partial charge is 0.0630 e. The van der Waals surface area contributed by atoms with E-state index in [4.69, 9.17) is 0 Å². The Morgan fingerprint density at radius 3 is 2.22 bits per heavy atom. The van der Waals surface area contributed by atoms with E-state index in [0.29, 0.717) is 0 Å². The van der Waals surface area contributed by atoms with E-state index in [-0.39, 0.29) is 0 Å². The number of aryl methyl sites for hydroxylation is 1. The van der Waals surface area contributed by atoms with Crippen molar-refractivity contribution in [1.82, 2.24) is 0 Å². The van der Waals surface area contributed by atoms with E-state index in [1.54, 1.807) is 0 Å². The van der Waals surface area contributed by atoms with E-state index < -0.39 is 0 Å². The topological polar surface area (TPSA) is 12.4 Å². The molecule has 0 spiro atoms. The van der Waals surface area contributed by atoms with Gasteiger partial charge in [0.2, 0.25) is 0 Å². The molecule has 3 aromatic rings. The van der Waals surface area contributed by atoms with Crippen molar-refractivity contribution in [2.45, 2.75) is 17.6 Å². The van der Waals surface area contributed by atoms with Crippen LogP contribution < -0.4 is 0 Å². The zero-order valence-corrected chi connectivity index (χ0v) is 14.0. The van der Waals surface area contributed by atoms with Crippen LogP contribution in [0, 0.1) is 6.92 Å². The van der Waals surface area contributed by atoms with Crippen LogP contribution >= 0.6 is 11.8 Å². The van der Waals surface area contributed by atoms with Gasteiger partial charge in [0.05, 0.1) is 5.69 Å². The molecule has 0 bridgehead atoms. The number of nitrogens with zero attached hydrogens (tertiary/aromatic N) is 1. The number of benzene rings is 3. The van der Waals surface area contributed by atoms with Gasteiger partial charge < -0.3 is 0 Å². The van der Waals surface area contributed by atoms with Crippen molar-refractivity contribution < 1.29 is 0 Å². The van der Waals surface area contributed by atoms with Gasteiger partial charge in [-0.15, -0.1) is 11.8 Å². The second kappa shape index (κ2) is 7.80. The molecule has 0 aliphatic rings. The molecule has 23 heavy (non-hydrogen) atoms. The highest BCUT2D eigenvalue weighted by atomic mass is 32.2. The minimum atomic E-state index is 0.978. The van der Waals surface area contributed by atoms with Crippen molar-refractivity contribution in [3.05, 3.63) is 95.6 Å². The Morgan fingerprint density at radius 2 is 1.52 bits per heavy atom. The zero-order chi connectivity index (χ0) is 15.9. The van der Waals surface area contributed by atoms with Crippen LogP contribution in [0.25, 0.3) is 0 Å². The molecule has 0 aliphatic heterocycles. The van der Waals surface area contributed by atoms with Crippen molar-refractivity contribution in [1.29, 1.82) is 0 Å². The minimum Gasteiger partial charge on any atom is -0.256 e. The molecule has 0 heterocycles. The Bertz CT molecular complexity index is 759. The predicted molar refractivity (Wildman–Crippen MR) is 101 cm³/mol. The van der Waals surface area contributed by atoms with E-state index in [9.17, 15) is 0 Å². The standard InChI is InChI=1S/C21H19NS/c1-17-7-9-18(10-8-17)15-22-20-13-11-19(12-14-20)16-23-21-5-3-2-4-6-21/h2-15H,16H2,1H3. The van der Waals surface area contributed by atoms with Gasteiger partial charge in [0.15, 0.2) is 0 Å². The van der Waals surface area contributed by atoms with Crippen molar-refractivity contribution in [2.75, 3.05) is 0 Å². The van der Waals surface area contributed by atoms with Gasteiger partial charge in [0.1, 0.15) is 0 Å². The third-order valence-electron chi connectivity index (χ3n) is 3.53. The van der Waals surface area contributed by atoms with Crippen LogP contribution in [-0.4, -0.2) is 6.21 Å². The van der Waals surface area contributed by atoms with Gasteiger partial charge in [-0.05, 0) is 42.3 Å². The fraction of sp³-hybridized carbons (Fsp3) is 0.0952. The highest BCUT2D eigenvalue weighted by Crippen LogP contribution is 2.23. The Labute approximate surface area is 142 Å². The maximum atomic E-state index is 4.53. The van der Waals surface area contributed by atoms with Crippen LogP contribution in [0.4, 0.5) is 5.69 Å². The van der Waals surface area contributed by atoms with E-state index in [2.05, 4.69) is 84.7 Å². The fourth-order valence-corrected chi connectivity index (χ4v) is 3.04. The van der Waals surface area contributed by atoms with Gasteiger partial charge in [-0.25, -0.2) is 0 Å². The quantitative estimate of drug-likeness (QED) is 0.413.